The third kappa shape index (κ3) is 5.06. The lowest BCUT2D eigenvalue weighted by molar-refractivity contribution is -0.141. The Bertz CT molecular complexity index is 947. The van der Waals surface area contributed by atoms with E-state index in [4.69, 9.17) is 4.74 Å². The van der Waals surface area contributed by atoms with Crippen LogP contribution in [0.25, 0.3) is 0 Å². The number of carboxylic acids is 1. The molecule has 0 spiro atoms. The van der Waals surface area contributed by atoms with Crippen molar-refractivity contribution < 1.29 is 19.4 Å². The fourth-order valence-electron chi connectivity index (χ4n) is 2.57. The molecule has 1 aromatic carbocycles. The van der Waals surface area contributed by atoms with Crippen LogP contribution >= 0.6 is 0 Å². The van der Waals surface area contributed by atoms with Crippen LogP contribution in [0.3, 0.4) is 0 Å². The highest BCUT2D eigenvalue weighted by atomic mass is 16.5. The Kier molecular flexibility index (Phi) is 6.53. The lowest BCUT2D eigenvalue weighted by Crippen LogP contribution is -2.41. The van der Waals surface area contributed by atoms with Crippen molar-refractivity contribution >= 4 is 11.9 Å². The normalized spacial score (nSPS) is 11.6. The van der Waals surface area contributed by atoms with Crippen LogP contribution in [0.4, 0.5) is 0 Å². The minimum absolute atomic E-state index is 0.104. The summed E-state index contributed by atoms with van der Waals surface area (Å²) in [6.07, 6.45) is 1.41. The highest BCUT2D eigenvalue weighted by Crippen LogP contribution is 2.20. The van der Waals surface area contributed by atoms with Gasteiger partial charge in [0.2, 0.25) is 5.91 Å². The Morgan fingerprint density at radius 2 is 1.93 bits per heavy atom. The molecule has 9 nitrogen and oxygen atoms in total. The van der Waals surface area contributed by atoms with E-state index >= 15 is 0 Å². The van der Waals surface area contributed by atoms with Crippen molar-refractivity contribution in [1.29, 1.82) is 0 Å². The van der Waals surface area contributed by atoms with Gasteiger partial charge >= 0.3 is 11.7 Å². The predicted octanol–water partition coefficient (Wildman–Crippen LogP) is -0.385. The number of aliphatic carboxylic acids is 1. The predicted molar refractivity (Wildman–Crippen MR) is 96.8 cm³/mol. The molecule has 0 aliphatic rings. The summed E-state index contributed by atoms with van der Waals surface area (Å²) < 4.78 is 7.18. The van der Waals surface area contributed by atoms with Gasteiger partial charge in [0.05, 0.1) is 13.0 Å². The molecule has 1 amide bonds. The van der Waals surface area contributed by atoms with Crippen LogP contribution in [-0.4, -0.2) is 39.8 Å². The summed E-state index contributed by atoms with van der Waals surface area (Å²) in [4.78, 5) is 46.9. The molecule has 2 rings (SSSR count). The zero-order valence-corrected chi connectivity index (χ0v) is 15.0. The van der Waals surface area contributed by atoms with Crippen LogP contribution in [-0.2, 0) is 29.6 Å². The van der Waals surface area contributed by atoms with Crippen LogP contribution in [0, 0.1) is 5.92 Å². The molecule has 0 bridgehead atoms. The van der Waals surface area contributed by atoms with Gasteiger partial charge in [-0.1, -0.05) is 18.2 Å². The Morgan fingerprint density at radius 3 is 2.59 bits per heavy atom. The van der Waals surface area contributed by atoms with Crippen LogP contribution in [0.2, 0.25) is 0 Å². The second kappa shape index (κ2) is 8.84. The van der Waals surface area contributed by atoms with Gasteiger partial charge < -0.3 is 15.2 Å². The van der Waals surface area contributed by atoms with Crippen molar-refractivity contribution in [2.45, 2.75) is 13.0 Å². The summed E-state index contributed by atoms with van der Waals surface area (Å²) in [5, 5.41) is 12.0. The number of rotatable bonds is 8. The average molecular weight is 375 g/mol. The quantitative estimate of drug-likeness (QED) is 0.649. The number of hydrogen-bond donors (Lipinski definition) is 2. The maximum atomic E-state index is 12.1. The summed E-state index contributed by atoms with van der Waals surface area (Å²) in [5.41, 5.74) is -0.378. The molecule has 2 N–H and O–H groups in total. The zero-order valence-electron chi connectivity index (χ0n) is 15.0. The van der Waals surface area contributed by atoms with E-state index in [-0.39, 0.29) is 19.5 Å². The standard InChI is InChI=1S/C18H21N3O6/c1-20-16(23)7-8-21(18(20)26)11-15(22)19-10-13(17(24)25)9-12-5-3-4-6-14(12)27-2/h3-8,13H,9-11H2,1-2H3,(H,19,22)(H,24,25). The Hall–Kier alpha value is -3.36. The molecule has 1 unspecified atom stereocenters. The SMILES string of the molecule is COc1ccccc1CC(CNC(=O)Cn1ccc(=O)n(C)c1=O)C(=O)O. The van der Waals surface area contributed by atoms with Gasteiger partial charge in [-0.3, -0.25) is 23.5 Å². The zero-order chi connectivity index (χ0) is 20.0. The van der Waals surface area contributed by atoms with Crippen LogP contribution in [0.15, 0.2) is 46.1 Å². The maximum Gasteiger partial charge on any atom is 0.331 e. The number of carboxylic acid groups (broad SMARTS) is 1. The van der Waals surface area contributed by atoms with Gasteiger partial charge in [0.15, 0.2) is 0 Å². The third-order valence-electron chi connectivity index (χ3n) is 4.13. The van der Waals surface area contributed by atoms with Gasteiger partial charge in [-0.25, -0.2) is 4.79 Å². The molecule has 2 aromatic rings. The summed E-state index contributed by atoms with van der Waals surface area (Å²) in [5.74, 6) is -1.86. The largest absolute Gasteiger partial charge is 0.496 e. The number of amides is 1. The highest BCUT2D eigenvalue weighted by Gasteiger charge is 2.21. The minimum atomic E-state index is -1.06. The first-order valence-electron chi connectivity index (χ1n) is 8.21. The number of ether oxygens (including phenoxy) is 1. The molecule has 0 saturated heterocycles. The summed E-state index contributed by atoms with van der Waals surface area (Å²) in [7, 11) is 2.81. The molecule has 0 aliphatic heterocycles. The summed E-state index contributed by atoms with van der Waals surface area (Å²) >= 11 is 0. The van der Waals surface area contributed by atoms with E-state index in [1.807, 2.05) is 0 Å². The van der Waals surface area contributed by atoms with Gasteiger partial charge in [0.25, 0.3) is 5.56 Å². The molecule has 1 atom stereocenters. The monoisotopic (exact) mass is 375 g/mol. The fraction of sp³-hybridized carbons (Fsp3) is 0.333. The smallest absolute Gasteiger partial charge is 0.331 e. The highest BCUT2D eigenvalue weighted by molar-refractivity contribution is 5.77. The van der Waals surface area contributed by atoms with Crippen molar-refractivity contribution in [3.05, 3.63) is 62.9 Å². The first-order chi connectivity index (χ1) is 12.8. The van der Waals surface area contributed by atoms with Crippen LogP contribution < -0.4 is 21.3 Å². The van der Waals surface area contributed by atoms with E-state index in [0.29, 0.717) is 5.75 Å². The van der Waals surface area contributed by atoms with Crippen molar-refractivity contribution in [3.8, 4) is 5.75 Å². The number of hydrogen-bond acceptors (Lipinski definition) is 5. The van der Waals surface area contributed by atoms with E-state index in [1.54, 1.807) is 24.3 Å². The van der Waals surface area contributed by atoms with E-state index in [9.17, 15) is 24.3 Å². The summed E-state index contributed by atoms with van der Waals surface area (Å²) in [6, 6.07) is 8.24. The fourth-order valence-corrected chi connectivity index (χ4v) is 2.57. The molecule has 9 heteroatoms. The molecule has 0 fully saturated rings. The van der Waals surface area contributed by atoms with Gasteiger partial charge in [-0.15, -0.1) is 0 Å². The number of carbonyl (C=O) groups is 2. The first-order valence-corrected chi connectivity index (χ1v) is 8.21. The number of benzene rings is 1. The van der Waals surface area contributed by atoms with Gasteiger partial charge in [0, 0.05) is 25.9 Å². The van der Waals surface area contributed by atoms with E-state index in [2.05, 4.69) is 5.32 Å². The second-order valence-electron chi connectivity index (χ2n) is 5.98. The Labute approximate surface area is 154 Å². The summed E-state index contributed by atoms with van der Waals surface area (Å²) in [6.45, 7) is -0.416. The number of nitrogens with zero attached hydrogens (tertiary/aromatic N) is 2. The molecule has 144 valence electrons. The number of para-hydroxylation sites is 1. The number of carbonyl (C=O) groups excluding carboxylic acids is 1. The van der Waals surface area contributed by atoms with Gasteiger partial charge in [0.1, 0.15) is 12.3 Å². The maximum absolute atomic E-state index is 12.1. The van der Waals surface area contributed by atoms with Crippen LogP contribution in [0.5, 0.6) is 5.75 Å². The number of aromatic nitrogens is 2. The molecule has 0 saturated carbocycles. The minimum Gasteiger partial charge on any atom is -0.496 e. The Morgan fingerprint density at radius 1 is 1.22 bits per heavy atom. The third-order valence-corrected chi connectivity index (χ3v) is 4.13. The van der Waals surface area contributed by atoms with E-state index < -0.39 is 29.0 Å². The Balaban J connectivity index is 2.02. The van der Waals surface area contributed by atoms with Crippen LogP contribution in [0.1, 0.15) is 5.56 Å². The molecule has 1 heterocycles. The number of nitrogens with one attached hydrogen (secondary N) is 1. The second-order valence-corrected chi connectivity index (χ2v) is 5.98. The molecular weight excluding hydrogens is 354 g/mol. The molecule has 0 aliphatic carbocycles. The molecular formula is C18H21N3O6. The van der Waals surface area contributed by atoms with E-state index in [0.717, 1.165) is 14.7 Å². The molecule has 0 radical (unpaired) electrons. The first kappa shape index (κ1) is 20.0. The van der Waals surface area contributed by atoms with Gasteiger partial charge in [-0.2, -0.15) is 0 Å². The van der Waals surface area contributed by atoms with Crippen molar-refractivity contribution in [1.82, 2.24) is 14.5 Å². The average Bonchev–Trinajstić information content (AvgIpc) is 2.65. The topological polar surface area (TPSA) is 120 Å². The lowest BCUT2D eigenvalue weighted by atomic mass is 9.98. The van der Waals surface area contributed by atoms with Crippen molar-refractivity contribution in [2.75, 3.05) is 13.7 Å². The van der Waals surface area contributed by atoms with Gasteiger partial charge in [-0.05, 0) is 18.1 Å². The molecule has 1 aromatic heterocycles. The number of methoxy groups -OCH3 is 1. The molecule has 27 heavy (non-hydrogen) atoms. The van der Waals surface area contributed by atoms with E-state index in [1.165, 1.54) is 26.4 Å². The van der Waals surface area contributed by atoms with Crippen molar-refractivity contribution in [3.63, 3.8) is 0 Å². The van der Waals surface area contributed by atoms with Crippen molar-refractivity contribution in [2.24, 2.45) is 13.0 Å². The lowest BCUT2D eigenvalue weighted by Gasteiger charge is -2.16.